The van der Waals surface area contributed by atoms with Crippen molar-refractivity contribution in [3.05, 3.63) is 35.2 Å². The number of rotatable bonds is 2. The van der Waals surface area contributed by atoms with E-state index >= 15 is 0 Å². The van der Waals surface area contributed by atoms with Crippen LogP contribution in [-0.2, 0) is 0 Å². The lowest BCUT2D eigenvalue weighted by atomic mass is 10.1. The van der Waals surface area contributed by atoms with Gasteiger partial charge in [-0.1, -0.05) is 6.07 Å². The van der Waals surface area contributed by atoms with Gasteiger partial charge in [0, 0.05) is 17.2 Å². The Bertz CT molecular complexity index is 564. The number of benzene rings is 1. The van der Waals surface area contributed by atoms with Crippen molar-refractivity contribution < 1.29 is 4.79 Å². The van der Waals surface area contributed by atoms with Gasteiger partial charge in [0.05, 0.1) is 5.56 Å². The summed E-state index contributed by atoms with van der Waals surface area (Å²) < 4.78 is 3.98. The molecule has 0 saturated heterocycles. The second-order valence-corrected chi connectivity index (χ2v) is 4.44. The van der Waals surface area contributed by atoms with E-state index in [1.165, 1.54) is 0 Å². The zero-order chi connectivity index (χ0) is 12.4. The van der Waals surface area contributed by atoms with Crippen molar-refractivity contribution in [1.29, 1.82) is 0 Å². The molecule has 0 spiro atoms. The molecule has 2 rings (SSSR count). The summed E-state index contributed by atoms with van der Waals surface area (Å²) in [5, 5.41) is 3.14. The van der Waals surface area contributed by atoms with Crippen molar-refractivity contribution in [2.75, 3.05) is 11.1 Å². The molecule has 6 heteroatoms. The molecule has 1 heterocycles. The van der Waals surface area contributed by atoms with Crippen LogP contribution in [0.25, 0.3) is 0 Å². The Kier molecular flexibility index (Phi) is 3.06. The Morgan fingerprint density at radius 1 is 1.41 bits per heavy atom. The highest BCUT2D eigenvalue weighted by Crippen LogP contribution is 2.17. The molecule has 17 heavy (non-hydrogen) atoms. The molecule has 0 aliphatic rings. The van der Waals surface area contributed by atoms with Crippen molar-refractivity contribution >= 4 is 28.3 Å². The van der Waals surface area contributed by atoms with E-state index in [0.29, 0.717) is 22.2 Å². The van der Waals surface area contributed by atoms with Crippen LogP contribution in [0.3, 0.4) is 0 Å². The van der Waals surface area contributed by atoms with Crippen LogP contribution >= 0.6 is 11.5 Å². The molecule has 0 radical (unpaired) electrons. The number of nitrogen functional groups attached to an aromatic ring is 1. The molecule has 0 bridgehead atoms. The number of nitrogens with one attached hydrogen (secondary N) is 1. The van der Waals surface area contributed by atoms with Gasteiger partial charge in [-0.2, -0.15) is 4.37 Å². The fraction of sp³-hybridized carbons (Fsp3) is 0.182. The highest BCUT2D eigenvalue weighted by Gasteiger charge is 2.11. The Balaban J connectivity index is 2.20. The van der Waals surface area contributed by atoms with Crippen molar-refractivity contribution in [3.63, 3.8) is 0 Å². The van der Waals surface area contributed by atoms with Gasteiger partial charge in [-0.05, 0) is 31.5 Å². The number of aromatic nitrogens is 2. The summed E-state index contributed by atoms with van der Waals surface area (Å²) in [6, 6.07) is 5.31. The summed E-state index contributed by atoms with van der Waals surface area (Å²) in [7, 11) is 0. The summed E-state index contributed by atoms with van der Waals surface area (Å²) in [6.07, 6.45) is 0. The van der Waals surface area contributed by atoms with Crippen molar-refractivity contribution in [2.45, 2.75) is 13.8 Å². The quantitative estimate of drug-likeness (QED) is 0.796. The van der Waals surface area contributed by atoms with E-state index in [1.54, 1.807) is 19.1 Å². The smallest absolute Gasteiger partial charge is 0.259 e. The maximum absolute atomic E-state index is 11.9. The topological polar surface area (TPSA) is 80.9 Å². The number of anilines is 2. The van der Waals surface area contributed by atoms with E-state index in [1.807, 2.05) is 13.0 Å². The molecule has 88 valence electrons. The minimum absolute atomic E-state index is 0.265. The lowest BCUT2D eigenvalue weighted by molar-refractivity contribution is 0.102. The molecule has 0 saturated carbocycles. The summed E-state index contributed by atoms with van der Waals surface area (Å²) in [6.45, 7) is 3.69. The van der Waals surface area contributed by atoms with Crippen LogP contribution in [0.4, 0.5) is 10.8 Å². The van der Waals surface area contributed by atoms with Gasteiger partial charge in [0.1, 0.15) is 5.82 Å². The normalized spacial score (nSPS) is 10.2. The first-order valence-electron chi connectivity index (χ1n) is 5.04. The standard InChI is InChI=1S/C11H12N4OS/c1-6-3-4-8(9(12)5-6)10(16)14-11-13-7(2)15-17-11/h3-5H,12H2,1-2H3,(H,13,14,15,16). The van der Waals surface area contributed by atoms with Gasteiger partial charge < -0.3 is 5.73 Å². The first kappa shape index (κ1) is 11.5. The molecule has 0 atom stereocenters. The van der Waals surface area contributed by atoms with Crippen LogP contribution in [-0.4, -0.2) is 15.3 Å². The molecule has 1 aromatic carbocycles. The lowest BCUT2D eigenvalue weighted by Crippen LogP contribution is -2.13. The predicted octanol–water partition coefficient (Wildman–Crippen LogP) is 1.99. The highest BCUT2D eigenvalue weighted by atomic mass is 32.1. The molecular formula is C11H12N4OS. The van der Waals surface area contributed by atoms with Gasteiger partial charge in [0.15, 0.2) is 0 Å². The Morgan fingerprint density at radius 2 is 2.18 bits per heavy atom. The maximum atomic E-state index is 11.9. The van der Waals surface area contributed by atoms with E-state index in [4.69, 9.17) is 5.73 Å². The van der Waals surface area contributed by atoms with Crippen LogP contribution in [0, 0.1) is 13.8 Å². The van der Waals surface area contributed by atoms with Crippen LogP contribution in [0.2, 0.25) is 0 Å². The Morgan fingerprint density at radius 3 is 2.76 bits per heavy atom. The van der Waals surface area contributed by atoms with Crippen molar-refractivity contribution in [1.82, 2.24) is 9.36 Å². The zero-order valence-electron chi connectivity index (χ0n) is 9.52. The number of carbonyl (C=O) groups is 1. The Labute approximate surface area is 103 Å². The zero-order valence-corrected chi connectivity index (χ0v) is 10.3. The second-order valence-electron chi connectivity index (χ2n) is 3.69. The van der Waals surface area contributed by atoms with E-state index in [0.717, 1.165) is 17.1 Å². The molecule has 0 aliphatic heterocycles. The van der Waals surface area contributed by atoms with Crippen LogP contribution in [0.1, 0.15) is 21.7 Å². The monoisotopic (exact) mass is 248 g/mol. The second kappa shape index (κ2) is 4.50. The fourth-order valence-electron chi connectivity index (χ4n) is 1.40. The molecule has 3 N–H and O–H groups in total. The molecule has 0 fully saturated rings. The van der Waals surface area contributed by atoms with Gasteiger partial charge in [0.2, 0.25) is 5.13 Å². The van der Waals surface area contributed by atoms with Crippen LogP contribution in [0.15, 0.2) is 18.2 Å². The minimum Gasteiger partial charge on any atom is -0.398 e. The number of hydrogen-bond acceptors (Lipinski definition) is 5. The SMILES string of the molecule is Cc1ccc(C(=O)Nc2nc(C)ns2)c(N)c1. The molecule has 1 amide bonds. The summed E-state index contributed by atoms with van der Waals surface area (Å²) in [5.74, 6) is 0.376. The van der Waals surface area contributed by atoms with E-state index in [2.05, 4.69) is 14.7 Å². The summed E-state index contributed by atoms with van der Waals surface area (Å²) in [5.41, 5.74) is 7.72. The molecule has 0 aliphatic carbocycles. The lowest BCUT2D eigenvalue weighted by Gasteiger charge is -2.05. The number of amides is 1. The van der Waals surface area contributed by atoms with E-state index in [-0.39, 0.29) is 5.91 Å². The van der Waals surface area contributed by atoms with Gasteiger partial charge in [-0.15, -0.1) is 0 Å². The molecule has 5 nitrogen and oxygen atoms in total. The number of aryl methyl sites for hydroxylation is 2. The van der Waals surface area contributed by atoms with Crippen LogP contribution in [0.5, 0.6) is 0 Å². The van der Waals surface area contributed by atoms with Crippen LogP contribution < -0.4 is 11.1 Å². The number of nitrogens with two attached hydrogens (primary N) is 1. The molecular weight excluding hydrogens is 236 g/mol. The maximum Gasteiger partial charge on any atom is 0.259 e. The molecule has 2 aromatic rings. The highest BCUT2D eigenvalue weighted by molar-refractivity contribution is 7.09. The van der Waals surface area contributed by atoms with Gasteiger partial charge in [-0.25, -0.2) is 4.98 Å². The van der Waals surface area contributed by atoms with Gasteiger partial charge in [-0.3, -0.25) is 10.1 Å². The first-order chi connectivity index (χ1) is 8.06. The van der Waals surface area contributed by atoms with Gasteiger partial charge in [0.25, 0.3) is 5.91 Å². The third-order valence-corrected chi connectivity index (χ3v) is 2.92. The third kappa shape index (κ3) is 2.59. The number of nitrogens with zero attached hydrogens (tertiary/aromatic N) is 2. The van der Waals surface area contributed by atoms with E-state index in [9.17, 15) is 4.79 Å². The van der Waals surface area contributed by atoms with Crippen molar-refractivity contribution in [2.24, 2.45) is 0 Å². The summed E-state index contributed by atoms with van der Waals surface area (Å²) in [4.78, 5) is 16.0. The molecule has 0 unspecified atom stereocenters. The first-order valence-corrected chi connectivity index (χ1v) is 5.81. The van der Waals surface area contributed by atoms with E-state index < -0.39 is 0 Å². The largest absolute Gasteiger partial charge is 0.398 e. The minimum atomic E-state index is -0.265. The number of carbonyl (C=O) groups excluding carboxylic acids is 1. The average molecular weight is 248 g/mol. The Hall–Kier alpha value is -1.95. The van der Waals surface area contributed by atoms with Crippen molar-refractivity contribution in [3.8, 4) is 0 Å². The third-order valence-electron chi connectivity index (χ3n) is 2.20. The fourth-order valence-corrected chi connectivity index (χ4v) is 1.97. The van der Waals surface area contributed by atoms with Gasteiger partial charge >= 0.3 is 0 Å². The summed E-state index contributed by atoms with van der Waals surface area (Å²) >= 11 is 1.15. The number of hydrogen-bond donors (Lipinski definition) is 2. The molecule has 1 aromatic heterocycles. The average Bonchev–Trinajstić information content (AvgIpc) is 2.63. The predicted molar refractivity (Wildman–Crippen MR) is 68.2 cm³/mol.